The van der Waals surface area contributed by atoms with Crippen molar-refractivity contribution in [2.24, 2.45) is 0 Å². The highest BCUT2D eigenvalue weighted by Crippen LogP contribution is 2.43. The Kier molecular flexibility index (Phi) is 2.58. The molecule has 1 aromatic rings. The van der Waals surface area contributed by atoms with E-state index in [4.69, 9.17) is 5.26 Å². The van der Waals surface area contributed by atoms with Crippen LogP contribution in [0.5, 0.6) is 0 Å². The molecule has 2 fully saturated rings. The Bertz CT molecular complexity index is 654. The summed E-state index contributed by atoms with van der Waals surface area (Å²) in [6, 6.07) is 6.90. The lowest BCUT2D eigenvalue weighted by atomic mass is 10.0. The third kappa shape index (κ3) is 1.85. The van der Waals surface area contributed by atoms with E-state index in [9.17, 15) is 9.59 Å². The molecule has 2 aliphatic rings. The summed E-state index contributed by atoms with van der Waals surface area (Å²) in [5.41, 5.74) is 1.22. The first-order valence-electron chi connectivity index (χ1n) is 6.65. The number of amides is 3. The van der Waals surface area contributed by atoms with Crippen LogP contribution < -0.4 is 10.2 Å². The van der Waals surface area contributed by atoms with Crippen LogP contribution in [0, 0.1) is 11.3 Å². The van der Waals surface area contributed by atoms with Crippen LogP contribution in [0.15, 0.2) is 18.2 Å². The molecule has 0 bridgehead atoms. The molecule has 5 nitrogen and oxygen atoms in total. The molecule has 3 amide bonds. The van der Waals surface area contributed by atoms with Crippen LogP contribution >= 0.6 is 0 Å². The molecule has 0 spiro atoms. The fourth-order valence-corrected chi connectivity index (χ4v) is 2.51. The lowest BCUT2D eigenvalue weighted by Gasteiger charge is -2.17. The number of benzene rings is 1. The molecule has 102 valence electrons. The van der Waals surface area contributed by atoms with E-state index < -0.39 is 11.6 Å². The molecule has 1 N–H and O–H groups in total. The topological polar surface area (TPSA) is 73.2 Å². The summed E-state index contributed by atoms with van der Waals surface area (Å²) in [5, 5.41) is 11.8. The number of carbonyl (C=O) groups excluding carboxylic acids is 2. The van der Waals surface area contributed by atoms with Gasteiger partial charge in [-0.15, -0.1) is 0 Å². The van der Waals surface area contributed by atoms with Crippen molar-refractivity contribution in [2.45, 2.75) is 38.1 Å². The number of imide groups is 1. The Labute approximate surface area is 117 Å². The van der Waals surface area contributed by atoms with Crippen LogP contribution in [0.1, 0.15) is 43.7 Å². The van der Waals surface area contributed by atoms with E-state index in [0.29, 0.717) is 17.2 Å². The Balaban J connectivity index is 2.03. The van der Waals surface area contributed by atoms with Crippen LogP contribution in [0.2, 0.25) is 0 Å². The molecule has 1 aliphatic heterocycles. The number of nitrogens with zero attached hydrogens (tertiary/aromatic N) is 2. The normalized spacial score (nSPS) is 20.8. The number of anilines is 1. The Morgan fingerprint density at radius 2 is 2.05 bits per heavy atom. The number of nitrogens with one attached hydrogen (secondary N) is 1. The van der Waals surface area contributed by atoms with E-state index in [-0.39, 0.29) is 5.91 Å². The van der Waals surface area contributed by atoms with Crippen molar-refractivity contribution in [3.63, 3.8) is 0 Å². The second kappa shape index (κ2) is 4.07. The predicted octanol–water partition coefficient (Wildman–Crippen LogP) is 2.27. The highest BCUT2D eigenvalue weighted by Gasteiger charge is 2.45. The zero-order chi connectivity index (χ0) is 14.5. The highest BCUT2D eigenvalue weighted by molar-refractivity contribution is 6.23. The van der Waals surface area contributed by atoms with Crippen molar-refractivity contribution in [2.75, 3.05) is 4.90 Å². The Morgan fingerprint density at radius 1 is 1.35 bits per heavy atom. The molecule has 3 rings (SSSR count). The molecular formula is C15H15N3O2. The van der Waals surface area contributed by atoms with E-state index in [2.05, 4.69) is 11.4 Å². The van der Waals surface area contributed by atoms with E-state index in [1.165, 1.54) is 0 Å². The molecule has 5 heteroatoms. The molecule has 1 aliphatic carbocycles. The van der Waals surface area contributed by atoms with Gasteiger partial charge < -0.3 is 5.32 Å². The van der Waals surface area contributed by atoms with Crippen LogP contribution in [0.3, 0.4) is 0 Å². The average Bonchev–Trinajstić information content (AvgIpc) is 3.19. The van der Waals surface area contributed by atoms with Gasteiger partial charge in [0.05, 0.1) is 17.3 Å². The maximum absolute atomic E-state index is 12.3. The van der Waals surface area contributed by atoms with Gasteiger partial charge in [0.25, 0.3) is 5.91 Å². The average molecular weight is 269 g/mol. The fraction of sp³-hybridized carbons (Fsp3) is 0.400. The van der Waals surface area contributed by atoms with Gasteiger partial charge in [0.1, 0.15) is 5.54 Å². The van der Waals surface area contributed by atoms with Crippen LogP contribution in [0.25, 0.3) is 0 Å². The van der Waals surface area contributed by atoms with Crippen molar-refractivity contribution < 1.29 is 9.59 Å². The maximum atomic E-state index is 12.3. The number of hydrogen-bond donors (Lipinski definition) is 1. The van der Waals surface area contributed by atoms with Gasteiger partial charge in [0.2, 0.25) is 0 Å². The van der Waals surface area contributed by atoms with Crippen molar-refractivity contribution in [3.8, 4) is 6.07 Å². The molecule has 0 unspecified atom stereocenters. The molecule has 0 aromatic heterocycles. The Morgan fingerprint density at radius 3 is 2.55 bits per heavy atom. The van der Waals surface area contributed by atoms with Gasteiger partial charge in [-0.05, 0) is 56.4 Å². The van der Waals surface area contributed by atoms with Gasteiger partial charge in [0.15, 0.2) is 0 Å². The number of carbonyl (C=O) groups is 2. The third-order valence-electron chi connectivity index (χ3n) is 3.79. The number of nitriles is 1. The first kappa shape index (κ1) is 12.7. The van der Waals surface area contributed by atoms with Gasteiger partial charge in [-0.25, -0.2) is 9.69 Å². The monoisotopic (exact) mass is 269 g/mol. The molecule has 20 heavy (non-hydrogen) atoms. The van der Waals surface area contributed by atoms with Gasteiger partial charge in [-0.3, -0.25) is 4.79 Å². The van der Waals surface area contributed by atoms with Crippen LogP contribution in [-0.2, 0) is 4.79 Å². The lowest BCUT2D eigenvalue weighted by Crippen LogP contribution is -2.40. The van der Waals surface area contributed by atoms with Crippen LogP contribution in [0.4, 0.5) is 10.5 Å². The summed E-state index contributed by atoms with van der Waals surface area (Å²) in [6.07, 6.45) is 2.12. The first-order chi connectivity index (χ1) is 9.44. The zero-order valence-corrected chi connectivity index (χ0v) is 11.4. The second-order valence-corrected chi connectivity index (χ2v) is 5.85. The molecule has 1 saturated heterocycles. The zero-order valence-electron chi connectivity index (χ0n) is 11.4. The van der Waals surface area contributed by atoms with Crippen molar-refractivity contribution >= 4 is 17.6 Å². The third-order valence-corrected chi connectivity index (χ3v) is 3.79. The molecule has 1 heterocycles. The van der Waals surface area contributed by atoms with Gasteiger partial charge in [-0.1, -0.05) is 0 Å². The fourth-order valence-electron chi connectivity index (χ4n) is 2.51. The number of urea groups is 1. The standard InChI is InChI=1S/C15H15N3O2/c1-15(2)13(19)18(14(20)17-15)11-6-5-10(8-16)12(7-11)9-3-4-9/h5-7,9H,3-4H2,1-2H3,(H,17,20). The lowest BCUT2D eigenvalue weighted by molar-refractivity contribution is -0.121. The minimum absolute atomic E-state index is 0.269. The van der Waals surface area contributed by atoms with Crippen molar-refractivity contribution in [1.82, 2.24) is 5.32 Å². The second-order valence-electron chi connectivity index (χ2n) is 5.85. The number of rotatable bonds is 2. The highest BCUT2D eigenvalue weighted by atomic mass is 16.2. The van der Waals surface area contributed by atoms with Crippen molar-refractivity contribution in [3.05, 3.63) is 29.3 Å². The van der Waals surface area contributed by atoms with Crippen molar-refractivity contribution in [1.29, 1.82) is 5.26 Å². The van der Waals surface area contributed by atoms with Crippen LogP contribution in [-0.4, -0.2) is 17.5 Å². The maximum Gasteiger partial charge on any atom is 0.329 e. The largest absolute Gasteiger partial charge is 0.329 e. The number of hydrogen-bond acceptors (Lipinski definition) is 3. The summed E-state index contributed by atoms with van der Waals surface area (Å²) in [7, 11) is 0. The summed E-state index contributed by atoms with van der Waals surface area (Å²) in [6.45, 7) is 3.36. The minimum Gasteiger partial charge on any atom is -0.323 e. The van der Waals surface area contributed by atoms with E-state index in [0.717, 1.165) is 23.3 Å². The minimum atomic E-state index is -0.884. The quantitative estimate of drug-likeness (QED) is 0.837. The van der Waals surface area contributed by atoms with E-state index in [1.54, 1.807) is 32.0 Å². The Hall–Kier alpha value is -2.35. The SMILES string of the molecule is CC1(C)NC(=O)N(c2ccc(C#N)c(C3CC3)c2)C1=O. The summed E-state index contributed by atoms with van der Waals surface area (Å²) < 4.78 is 0. The van der Waals surface area contributed by atoms with E-state index in [1.807, 2.05) is 0 Å². The van der Waals surface area contributed by atoms with Gasteiger partial charge >= 0.3 is 6.03 Å². The molecule has 0 atom stereocenters. The first-order valence-corrected chi connectivity index (χ1v) is 6.65. The molecule has 0 radical (unpaired) electrons. The van der Waals surface area contributed by atoms with E-state index >= 15 is 0 Å². The molecular weight excluding hydrogens is 254 g/mol. The summed E-state index contributed by atoms with van der Waals surface area (Å²) >= 11 is 0. The van der Waals surface area contributed by atoms with Gasteiger partial charge in [0, 0.05) is 0 Å². The summed E-state index contributed by atoms with van der Waals surface area (Å²) in [4.78, 5) is 25.4. The molecule has 1 aromatic carbocycles. The predicted molar refractivity (Wildman–Crippen MR) is 73.2 cm³/mol. The molecule has 1 saturated carbocycles. The summed E-state index contributed by atoms with van der Waals surface area (Å²) in [5.74, 6) is 0.118. The smallest absolute Gasteiger partial charge is 0.323 e. The van der Waals surface area contributed by atoms with Gasteiger partial charge in [-0.2, -0.15) is 5.26 Å².